The van der Waals surface area contributed by atoms with Crippen molar-refractivity contribution in [2.75, 3.05) is 10.2 Å². The molecule has 0 spiro atoms. The standard InChI is InChI=1S/C20H20N2O4/c1-11-7-8-14(20(25)26)9-15(11)21-16-10-17(23)22(19(16)24)18-12(2)5-4-6-13(18)3/h4-9,16,21H,10H2,1-3H3,(H,25,26)/p-1/t16-/m0/s1. The summed E-state index contributed by atoms with van der Waals surface area (Å²) < 4.78 is 0. The van der Waals surface area contributed by atoms with Crippen LogP contribution in [0.15, 0.2) is 36.4 Å². The lowest BCUT2D eigenvalue weighted by Crippen LogP contribution is -2.35. The molecule has 1 fully saturated rings. The molecule has 2 amide bonds. The average molecular weight is 351 g/mol. The van der Waals surface area contributed by atoms with Crippen LogP contribution in [-0.4, -0.2) is 23.8 Å². The van der Waals surface area contributed by atoms with Gasteiger partial charge in [-0.05, 0) is 49.1 Å². The van der Waals surface area contributed by atoms with Crippen LogP contribution in [0.2, 0.25) is 0 Å². The SMILES string of the molecule is Cc1ccc(C(=O)[O-])cc1N[C@H]1CC(=O)N(c2c(C)cccc2C)C1=O. The minimum absolute atomic E-state index is 0.0153. The van der Waals surface area contributed by atoms with E-state index in [1.807, 2.05) is 32.0 Å². The zero-order valence-corrected chi connectivity index (χ0v) is 14.8. The fourth-order valence-corrected chi connectivity index (χ4v) is 3.23. The first-order chi connectivity index (χ1) is 12.3. The molecule has 6 heteroatoms. The van der Waals surface area contributed by atoms with Crippen LogP contribution in [0.25, 0.3) is 0 Å². The Morgan fingerprint density at radius 1 is 1.08 bits per heavy atom. The molecule has 1 saturated heterocycles. The van der Waals surface area contributed by atoms with Crippen molar-refractivity contribution in [1.29, 1.82) is 0 Å². The zero-order valence-electron chi connectivity index (χ0n) is 14.8. The number of para-hydroxylation sites is 1. The summed E-state index contributed by atoms with van der Waals surface area (Å²) in [6, 6.07) is 9.36. The van der Waals surface area contributed by atoms with E-state index >= 15 is 0 Å². The third-order valence-electron chi connectivity index (χ3n) is 4.61. The van der Waals surface area contributed by atoms with Gasteiger partial charge in [-0.15, -0.1) is 0 Å². The van der Waals surface area contributed by atoms with Crippen molar-refractivity contribution in [1.82, 2.24) is 0 Å². The smallest absolute Gasteiger partial charge is 0.256 e. The lowest BCUT2D eigenvalue weighted by Gasteiger charge is -2.21. The first-order valence-electron chi connectivity index (χ1n) is 8.31. The molecule has 0 bridgehead atoms. The van der Waals surface area contributed by atoms with Crippen LogP contribution in [0.1, 0.15) is 33.5 Å². The Labute approximate surface area is 151 Å². The van der Waals surface area contributed by atoms with Crippen LogP contribution < -0.4 is 15.3 Å². The zero-order chi connectivity index (χ0) is 19.0. The minimum atomic E-state index is -1.29. The summed E-state index contributed by atoms with van der Waals surface area (Å²) in [5.41, 5.74) is 3.61. The van der Waals surface area contributed by atoms with Gasteiger partial charge in [0.05, 0.1) is 18.1 Å². The number of carbonyl (C=O) groups is 3. The second kappa shape index (κ2) is 6.63. The predicted octanol–water partition coefficient (Wildman–Crippen LogP) is 1.72. The van der Waals surface area contributed by atoms with Crippen molar-refractivity contribution in [2.24, 2.45) is 0 Å². The molecular formula is C20H19N2O4-. The summed E-state index contributed by atoms with van der Waals surface area (Å²) in [4.78, 5) is 37.7. The third-order valence-corrected chi connectivity index (χ3v) is 4.61. The van der Waals surface area contributed by atoms with Gasteiger partial charge in [-0.25, -0.2) is 4.90 Å². The number of hydrogen-bond donors (Lipinski definition) is 1. The molecule has 0 saturated carbocycles. The van der Waals surface area contributed by atoms with Gasteiger partial charge in [0.15, 0.2) is 0 Å². The van der Waals surface area contributed by atoms with E-state index in [-0.39, 0.29) is 23.8 Å². The highest BCUT2D eigenvalue weighted by Gasteiger charge is 2.40. The predicted molar refractivity (Wildman–Crippen MR) is 95.9 cm³/mol. The van der Waals surface area contributed by atoms with Gasteiger partial charge in [-0.1, -0.05) is 30.3 Å². The van der Waals surface area contributed by atoms with Crippen molar-refractivity contribution in [3.8, 4) is 0 Å². The highest BCUT2D eigenvalue weighted by Crippen LogP contribution is 2.31. The molecule has 0 unspecified atom stereocenters. The van der Waals surface area contributed by atoms with Crippen LogP contribution in [0, 0.1) is 20.8 Å². The van der Waals surface area contributed by atoms with Gasteiger partial charge in [-0.3, -0.25) is 9.59 Å². The number of amides is 2. The van der Waals surface area contributed by atoms with Gasteiger partial charge in [0.1, 0.15) is 6.04 Å². The first kappa shape index (κ1) is 17.7. The van der Waals surface area contributed by atoms with E-state index in [9.17, 15) is 19.5 Å². The number of hydrogen-bond acceptors (Lipinski definition) is 5. The molecule has 1 aliphatic rings. The Kier molecular flexibility index (Phi) is 4.50. The number of imide groups is 1. The van der Waals surface area contributed by atoms with Gasteiger partial charge in [0, 0.05) is 5.69 Å². The molecule has 3 rings (SSSR count). The quantitative estimate of drug-likeness (QED) is 0.847. The van der Waals surface area contributed by atoms with E-state index in [4.69, 9.17) is 0 Å². The van der Waals surface area contributed by atoms with Crippen molar-refractivity contribution in [2.45, 2.75) is 33.2 Å². The summed E-state index contributed by atoms with van der Waals surface area (Å²) in [7, 11) is 0. The monoisotopic (exact) mass is 351 g/mol. The maximum Gasteiger partial charge on any atom is 0.256 e. The Morgan fingerprint density at radius 3 is 2.35 bits per heavy atom. The van der Waals surface area contributed by atoms with Gasteiger partial charge in [0.25, 0.3) is 5.91 Å². The molecule has 134 valence electrons. The largest absolute Gasteiger partial charge is 0.545 e. The van der Waals surface area contributed by atoms with E-state index < -0.39 is 12.0 Å². The van der Waals surface area contributed by atoms with Crippen molar-refractivity contribution in [3.63, 3.8) is 0 Å². The number of aryl methyl sites for hydroxylation is 3. The maximum absolute atomic E-state index is 12.9. The van der Waals surface area contributed by atoms with Gasteiger partial charge < -0.3 is 15.2 Å². The van der Waals surface area contributed by atoms with Crippen LogP contribution in [-0.2, 0) is 9.59 Å². The van der Waals surface area contributed by atoms with Crippen LogP contribution >= 0.6 is 0 Å². The number of anilines is 2. The molecule has 1 heterocycles. The Hall–Kier alpha value is -3.15. The Balaban J connectivity index is 1.91. The summed E-state index contributed by atoms with van der Waals surface area (Å²) in [6.07, 6.45) is 0.0155. The fraction of sp³-hybridized carbons (Fsp3) is 0.250. The van der Waals surface area contributed by atoms with E-state index in [0.717, 1.165) is 16.7 Å². The summed E-state index contributed by atoms with van der Waals surface area (Å²) in [5.74, 6) is -1.91. The number of nitrogens with zero attached hydrogens (tertiary/aromatic N) is 1. The second-order valence-corrected chi connectivity index (χ2v) is 6.53. The fourth-order valence-electron chi connectivity index (χ4n) is 3.23. The minimum Gasteiger partial charge on any atom is -0.545 e. The molecular weight excluding hydrogens is 332 g/mol. The molecule has 0 radical (unpaired) electrons. The summed E-state index contributed by atoms with van der Waals surface area (Å²) >= 11 is 0. The molecule has 2 aromatic rings. The number of carbonyl (C=O) groups excluding carboxylic acids is 3. The summed E-state index contributed by atoms with van der Waals surface area (Å²) in [6.45, 7) is 5.51. The topological polar surface area (TPSA) is 89.5 Å². The number of rotatable bonds is 4. The van der Waals surface area contributed by atoms with Gasteiger partial charge in [-0.2, -0.15) is 0 Å². The Bertz CT molecular complexity index is 900. The average Bonchev–Trinajstić information content (AvgIpc) is 2.84. The third kappa shape index (κ3) is 3.06. The van der Waals surface area contributed by atoms with Crippen molar-refractivity contribution < 1.29 is 19.5 Å². The molecule has 2 aromatic carbocycles. The molecule has 1 aliphatic heterocycles. The number of carboxylic acids is 1. The molecule has 26 heavy (non-hydrogen) atoms. The van der Waals surface area contributed by atoms with E-state index in [0.29, 0.717) is 11.4 Å². The molecule has 6 nitrogen and oxygen atoms in total. The number of nitrogens with one attached hydrogen (secondary N) is 1. The van der Waals surface area contributed by atoms with Crippen LogP contribution in [0.4, 0.5) is 11.4 Å². The molecule has 0 aromatic heterocycles. The van der Waals surface area contributed by atoms with E-state index in [1.165, 1.54) is 17.0 Å². The molecule has 1 N–H and O–H groups in total. The number of aromatic carboxylic acids is 1. The summed E-state index contributed by atoms with van der Waals surface area (Å²) in [5, 5.41) is 14.1. The maximum atomic E-state index is 12.9. The van der Waals surface area contributed by atoms with Crippen LogP contribution in [0.3, 0.4) is 0 Å². The first-order valence-corrected chi connectivity index (χ1v) is 8.31. The normalized spacial score (nSPS) is 16.9. The number of carboxylic acid groups (broad SMARTS) is 1. The lowest BCUT2D eigenvalue weighted by atomic mass is 10.1. The van der Waals surface area contributed by atoms with Crippen molar-refractivity contribution >= 4 is 29.2 Å². The Morgan fingerprint density at radius 2 is 1.73 bits per heavy atom. The lowest BCUT2D eigenvalue weighted by molar-refractivity contribution is -0.255. The second-order valence-electron chi connectivity index (χ2n) is 6.53. The van der Waals surface area contributed by atoms with Crippen LogP contribution in [0.5, 0.6) is 0 Å². The molecule has 0 aliphatic carbocycles. The van der Waals surface area contributed by atoms with E-state index in [2.05, 4.69) is 5.32 Å². The van der Waals surface area contributed by atoms with Gasteiger partial charge in [0.2, 0.25) is 5.91 Å². The highest BCUT2D eigenvalue weighted by atomic mass is 16.4. The highest BCUT2D eigenvalue weighted by molar-refractivity contribution is 6.23. The number of benzene rings is 2. The molecule has 1 atom stereocenters. The van der Waals surface area contributed by atoms with E-state index in [1.54, 1.807) is 13.0 Å². The van der Waals surface area contributed by atoms with Gasteiger partial charge >= 0.3 is 0 Å². The van der Waals surface area contributed by atoms with Crippen molar-refractivity contribution in [3.05, 3.63) is 58.7 Å².